The van der Waals surface area contributed by atoms with Crippen LogP contribution in [0.4, 0.5) is 0 Å². The molecule has 8 heteroatoms. The number of hydrogen-bond donors (Lipinski definition) is 0. The summed E-state index contributed by atoms with van der Waals surface area (Å²) < 4.78 is 21.1. The molecule has 0 aromatic heterocycles. The molecule has 0 saturated carbocycles. The molecule has 2 unspecified atom stereocenters. The maximum Gasteiger partial charge on any atom is 0.306 e. The molecule has 0 amide bonds. The van der Waals surface area contributed by atoms with Crippen molar-refractivity contribution >= 4 is 23.9 Å². The summed E-state index contributed by atoms with van der Waals surface area (Å²) in [6.45, 7) is 6.78. The molecule has 300 valence electrons. The van der Waals surface area contributed by atoms with E-state index in [1.807, 2.05) is 0 Å². The van der Waals surface area contributed by atoms with E-state index in [0.29, 0.717) is 12.8 Å². The van der Waals surface area contributed by atoms with Gasteiger partial charge in [0.2, 0.25) is 0 Å². The summed E-state index contributed by atoms with van der Waals surface area (Å²) in [7, 11) is 0. The predicted octanol–water partition coefficient (Wildman–Crippen LogP) is 12.1. The first-order valence-electron chi connectivity index (χ1n) is 21.4. The molecule has 0 rings (SSSR count). The van der Waals surface area contributed by atoms with Crippen molar-refractivity contribution in [1.82, 2.24) is 0 Å². The lowest BCUT2D eigenvalue weighted by Crippen LogP contribution is -2.29. The number of ether oxygens (including phenoxy) is 4. The molecule has 0 aliphatic heterocycles. The Balaban J connectivity index is 3.94. The second-order valence-electron chi connectivity index (χ2n) is 14.7. The first-order valence-corrected chi connectivity index (χ1v) is 21.4. The van der Waals surface area contributed by atoms with E-state index < -0.39 is 18.0 Å². The van der Waals surface area contributed by atoms with Crippen LogP contribution >= 0.6 is 0 Å². The minimum Gasteiger partial charge on any atom is -0.462 e. The Morgan fingerprint density at radius 1 is 0.373 bits per heavy atom. The van der Waals surface area contributed by atoms with E-state index in [1.54, 1.807) is 0 Å². The number of carbonyl (C=O) groups excluding carboxylic acids is 4. The molecule has 0 saturated heterocycles. The maximum absolute atomic E-state index is 12.6. The van der Waals surface area contributed by atoms with Crippen molar-refractivity contribution in [3.05, 3.63) is 0 Å². The van der Waals surface area contributed by atoms with Crippen molar-refractivity contribution in [3.8, 4) is 0 Å². The van der Waals surface area contributed by atoms with Crippen LogP contribution in [0, 0.1) is 0 Å². The van der Waals surface area contributed by atoms with Gasteiger partial charge < -0.3 is 18.9 Å². The molecule has 0 aromatic carbocycles. The van der Waals surface area contributed by atoms with Crippen LogP contribution in [0.5, 0.6) is 0 Å². The molecule has 0 spiro atoms. The van der Waals surface area contributed by atoms with Gasteiger partial charge in [-0.25, -0.2) is 0 Å². The zero-order chi connectivity index (χ0) is 37.6. The van der Waals surface area contributed by atoms with Crippen LogP contribution < -0.4 is 0 Å². The minimum atomic E-state index is -0.789. The second-order valence-corrected chi connectivity index (χ2v) is 14.7. The summed E-state index contributed by atoms with van der Waals surface area (Å²) in [5.41, 5.74) is 0. The Morgan fingerprint density at radius 3 is 1.14 bits per heavy atom. The molecule has 51 heavy (non-hydrogen) atoms. The molecule has 2 atom stereocenters. The zero-order valence-corrected chi connectivity index (χ0v) is 33.8. The summed E-state index contributed by atoms with van der Waals surface area (Å²) in [6.07, 6.45) is 35.4. The summed E-state index contributed by atoms with van der Waals surface area (Å²) >= 11 is 0. The molecule has 0 aliphatic carbocycles. The van der Waals surface area contributed by atoms with Crippen LogP contribution in [0.1, 0.15) is 227 Å². The fourth-order valence-electron chi connectivity index (χ4n) is 6.47. The smallest absolute Gasteiger partial charge is 0.306 e. The Morgan fingerprint density at radius 2 is 0.725 bits per heavy atom. The van der Waals surface area contributed by atoms with Crippen LogP contribution in [0.25, 0.3) is 0 Å². The molecule has 0 aromatic rings. The summed E-state index contributed by atoms with van der Waals surface area (Å²) in [4.78, 5) is 46.9. The van der Waals surface area contributed by atoms with E-state index in [1.165, 1.54) is 129 Å². The van der Waals surface area contributed by atoms with Crippen molar-refractivity contribution in [1.29, 1.82) is 0 Å². The van der Waals surface area contributed by atoms with E-state index in [0.717, 1.165) is 70.6 Å². The molecule has 0 aliphatic rings. The average molecular weight is 725 g/mol. The van der Waals surface area contributed by atoms with E-state index in [2.05, 4.69) is 13.8 Å². The normalized spacial score (nSPS) is 12.3. The standard InChI is InChI=1S/C43H80O8/c1-5-7-9-11-12-13-14-15-16-17-18-19-24-27-31-35-43(47)51-40(32-28-10-8-6-2)33-29-25-22-20-21-23-26-30-34-42(46)49-37-41(50-39(4)45)36-48-38(3)44/h40-41H,5-37H2,1-4H3. The number of esters is 4. The van der Waals surface area contributed by atoms with Crippen molar-refractivity contribution in [2.75, 3.05) is 13.2 Å². The highest BCUT2D eigenvalue weighted by Crippen LogP contribution is 2.19. The lowest BCUT2D eigenvalue weighted by molar-refractivity contribution is -0.164. The Bertz CT molecular complexity index is 829. The van der Waals surface area contributed by atoms with Crippen LogP contribution in [0.15, 0.2) is 0 Å². The fraction of sp³-hybridized carbons (Fsp3) is 0.907. The number of carbonyl (C=O) groups is 4. The van der Waals surface area contributed by atoms with Gasteiger partial charge in [0.15, 0.2) is 6.10 Å². The molecule has 0 fully saturated rings. The monoisotopic (exact) mass is 725 g/mol. The van der Waals surface area contributed by atoms with Gasteiger partial charge in [-0.2, -0.15) is 0 Å². The molecule has 0 bridgehead atoms. The third kappa shape index (κ3) is 37.4. The van der Waals surface area contributed by atoms with E-state index in [-0.39, 0.29) is 31.3 Å². The first-order chi connectivity index (χ1) is 24.8. The Kier molecular flexibility index (Phi) is 36.1. The van der Waals surface area contributed by atoms with E-state index >= 15 is 0 Å². The van der Waals surface area contributed by atoms with Crippen molar-refractivity contribution in [3.63, 3.8) is 0 Å². The summed E-state index contributed by atoms with van der Waals surface area (Å²) in [5.74, 6) is -1.34. The highest BCUT2D eigenvalue weighted by Gasteiger charge is 2.17. The van der Waals surface area contributed by atoms with Crippen LogP contribution in [-0.4, -0.2) is 49.3 Å². The first kappa shape index (κ1) is 48.9. The van der Waals surface area contributed by atoms with Gasteiger partial charge in [0.25, 0.3) is 0 Å². The van der Waals surface area contributed by atoms with Crippen LogP contribution in [-0.2, 0) is 38.1 Å². The van der Waals surface area contributed by atoms with Crippen LogP contribution in [0.3, 0.4) is 0 Å². The van der Waals surface area contributed by atoms with Crippen molar-refractivity contribution in [2.45, 2.75) is 239 Å². The minimum absolute atomic E-state index is 0.000257. The molecule has 0 radical (unpaired) electrons. The fourth-order valence-corrected chi connectivity index (χ4v) is 6.47. The molecular formula is C43H80O8. The van der Waals surface area contributed by atoms with Gasteiger partial charge in [-0.1, -0.05) is 162 Å². The summed E-state index contributed by atoms with van der Waals surface area (Å²) in [6, 6.07) is 0. The number of rotatable bonds is 38. The van der Waals surface area contributed by atoms with Gasteiger partial charge in [-0.15, -0.1) is 0 Å². The van der Waals surface area contributed by atoms with E-state index in [9.17, 15) is 19.2 Å². The number of unbranched alkanes of at least 4 members (excludes halogenated alkanes) is 24. The Labute approximate surface area is 313 Å². The molecule has 0 N–H and O–H groups in total. The number of hydrogen-bond acceptors (Lipinski definition) is 8. The average Bonchev–Trinajstić information content (AvgIpc) is 3.09. The van der Waals surface area contributed by atoms with Gasteiger partial charge in [0.1, 0.15) is 19.3 Å². The van der Waals surface area contributed by atoms with Crippen LogP contribution in [0.2, 0.25) is 0 Å². The third-order valence-corrected chi connectivity index (χ3v) is 9.55. The van der Waals surface area contributed by atoms with Gasteiger partial charge in [0, 0.05) is 26.7 Å². The van der Waals surface area contributed by atoms with Crippen molar-refractivity contribution in [2.24, 2.45) is 0 Å². The molecular weight excluding hydrogens is 644 g/mol. The lowest BCUT2D eigenvalue weighted by atomic mass is 10.0. The second kappa shape index (κ2) is 37.6. The predicted molar refractivity (Wildman–Crippen MR) is 208 cm³/mol. The SMILES string of the molecule is CCCCCCCCCCCCCCCCCC(=O)OC(CCCCCC)CCCCCCCCCCC(=O)OCC(COC(C)=O)OC(C)=O. The van der Waals surface area contributed by atoms with Gasteiger partial charge in [-0.3, -0.25) is 19.2 Å². The summed E-state index contributed by atoms with van der Waals surface area (Å²) in [5, 5.41) is 0. The third-order valence-electron chi connectivity index (χ3n) is 9.55. The Hall–Kier alpha value is -2.12. The van der Waals surface area contributed by atoms with Gasteiger partial charge in [-0.05, 0) is 38.5 Å². The highest BCUT2D eigenvalue weighted by atomic mass is 16.6. The highest BCUT2D eigenvalue weighted by molar-refractivity contribution is 5.70. The largest absolute Gasteiger partial charge is 0.462 e. The van der Waals surface area contributed by atoms with Crippen molar-refractivity contribution < 1.29 is 38.1 Å². The van der Waals surface area contributed by atoms with Gasteiger partial charge >= 0.3 is 23.9 Å². The molecule has 0 heterocycles. The van der Waals surface area contributed by atoms with E-state index in [4.69, 9.17) is 18.9 Å². The topological polar surface area (TPSA) is 105 Å². The lowest BCUT2D eigenvalue weighted by Gasteiger charge is -2.18. The molecule has 8 nitrogen and oxygen atoms in total. The quantitative estimate of drug-likeness (QED) is 0.0352. The maximum atomic E-state index is 12.6. The van der Waals surface area contributed by atoms with Gasteiger partial charge in [0.05, 0.1) is 0 Å². The zero-order valence-electron chi connectivity index (χ0n) is 33.8.